The van der Waals surface area contributed by atoms with Crippen LogP contribution in [0.1, 0.15) is 0 Å². The smallest absolute Gasteiger partial charge is 0.138 e. The van der Waals surface area contributed by atoms with Crippen LogP contribution in [0.3, 0.4) is 0 Å². The Morgan fingerprint density at radius 1 is 1.55 bits per heavy atom. The second-order valence-electron chi connectivity index (χ2n) is 1.96. The number of thioether (sulfide) groups is 1. The number of rotatable bonds is 2. The fraction of sp³-hybridized carbons (Fsp3) is 0.143. The third kappa shape index (κ3) is 1.64. The summed E-state index contributed by atoms with van der Waals surface area (Å²) in [6.07, 6.45) is 1.80. The summed E-state index contributed by atoms with van der Waals surface area (Å²) in [5.74, 6) is 4.92. The van der Waals surface area contributed by atoms with Gasteiger partial charge in [0.1, 0.15) is 5.82 Å². The number of nitrogens with two attached hydrogens (primary N) is 1. The second kappa shape index (κ2) is 3.59. The third-order valence-electron chi connectivity index (χ3n) is 1.33. The Bertz CT molecular complexity index is 252. The highest BCUT2D eigenvalue weighted by Gasteiger charge is 2.04. The van der Waals surface area contributed by atoms with Gasteiger partial charge in [-0.05, 0) is 18.4 Å². The van der Waals surface area contributed by atoms with Crippen molar-refractivity contribution < 1.29 is 4.39 Å². The SMILES string of the molecule is CSc1c(F)cccc1NN. The van der Waals surface area contributed by atoms with E-state index in [4.69, 9.17) is 5.84 Å². The average molecular weight is 172 g/mol. The molecule has 1 rings (SSSR count). The van der Waals surface area contributed by atoms with Crippen LogP contribution in [-0.2, 0) is 0 Å². The van der Waals surface area contributed by atoms with Gasteiger partial charge in [0.15, 0.2) is 0 Å². The Kier molecular flexibility index (Phi) is 2.73. The van der Waals surface area contributed by atoms with Crippen molar-refractivity contribution in [2.75, 3.05) is 11.7 Å². The first kappa shape index (κ1) is 8.36. The molecule has 0 fully saturated rings. The Morgan fingerprint density at radius 3 is 2.73 bits per heavy atom. The average Bonchev–Trinajstić information content (AvgIpc) is 2.04. The molecular formula is C7H9FN2S. The minimum atomic E-state index is -0.243. The number of anilines is 1. The Balaban J connectivity index is 3.13. The van der Waals surface area contributed by atoms with E-state index in [1.165, 1.54) is 17.8 Å². The summed E-state index contributed by atoms with van der Waals surface area (Å²) >= 11 is 1.33. The van der Waals surface area contributed by atoms with Gasteiger partial charge in [0.05, 0.1) is 10.6 Å². The lowest BCUT2D eigenvalue weighted by atomic mass is 10.3. The van der Waals surface area contributed by atoms with Crippen LogP contribution < -0.4 is 11.3 Å². The van der Waals surface area contributed by atoms with Crippen molar-refractivity contribution in [1.82, 2.24) is 0 Å². The fourth-order valence-electron chi connectivity index (χ4n) is 0.830. The van der Waals surface area contributed by atoms with Crippen LogP contribution in [0.4, 0.5) is 10.1 Å². The zero-order valence-electron chi connectivity index (χ0n) is 6.10. The molecule has 1 aromatic rings. The van der Waals surface area contributed by atoms with Gasteiger partial charge in [-0.3, -0.25) is 5.84 Å². The molecule has 0 bridgehead atoms. The van der Waals surface area contributed by atoms with Crippen molar-refractivity contribution in [3.8, 4) is 0 Å². The summed E-state index contributed by atoms with van der Waals surface area (Å²) in [5.41, 5.74) is 3.05. The van der Waals surface area contributed by atoms with Gasteiger partial charge in [0.25, 0.3) is 0 Å². The van der Waals surface area contributed by atoms with Crippen LogP contribution in [0.25, 0.3) is 0 Å². The molecule has 0 spiro atoms. The van der Waals surface area contributed by atoms with Crippen LogP contribution in [0.15, 0.2) is 23.1 Å². The number of nitrogen functional groups attached to an aromatic ring is 1. The molecule has 0 aliphatic rings. The summed E-state index contributed by atoms with van der Waals surface area (Å²) in [6.45, 7) is 0. The lowest BCUT2D eigenvalue weighted by molar-refractivity contribution is 0.603. The van der Waals surface area contributed by atoms with E-state index >= 15 is 0 Å². The van der Waals surface area contributed by atoms with Gasteiger partial charge in [-0.15, -0.1) is 11.8 Å². The molecule has 0 radical (unpaired) electrons. The van der Waals surface area contributed by atoms with Crippen molar-refractivity contribution in [2.45, 2.75) is 4.90 Å². The normalized spacial score (nSPS) is 9.73. The molecular weight excluding hydrogens is 163 g/mol. The predicted octanol–water partition coefficient (Wildman–Crippen LogP) is 1.83. The quantitative estimate of drug-likeness (QED) is 0.406. The number of halogens is 1. The van der Waals surface area contributed by atoms with E-state index in [0.717, 1.165) is 0 Å². The standard InChI is InChI=1S/C7H9FN2S/c1-11-7-5(8)3-2-4-6(7)10-9/h2-4,10H,9H2,1H3. The molecule has 0 saturated heterocycles. The lowest BCUT2D eigenvalue weighted by Crippen LogP contribution is -2.08. The first-order valence-corrected chi connectivity index (χ1v) is 4.31. The van der Waals surface area contributed by atoms with E-state index in [9.17, 15) is 4.39 Å². The maximum atomic E-state index is 12.9. The van der Waals surface area contributed by atoms with E-state index in [1.54, 1.807) is 18.4 Å². The van der Waals surface area contributed by atoms with Crippen LogP contribution in [0, 0.1) is 5.82 Å². The summed E-state index contributed by atoms with van der Waals surface area (Å²) in [6, 6.07) is 4.76. The van der Waals surface area contributed by atoms with Crippen LogP contribution in [0.5, 0.6) is 0 Å². The van der Waals surface area contributed by atoms with Gasteiger partial charge in [-0.2, -0.15) is 0 Å². The monoisotopic (exact) mass is 172 g/mol. The molecule has 0 aliphatic heterocycles. The van der Waals surface area contributed by atoms with E-state index in [-0.39, 0.29) is 5.82 Å². The minimum Gasteiger partial charge on any atom is -0.323 e. The van der Waals surface area contributed by atoms with Gasteiger partial charge >= 0.3 is 0 Å². The van der Waals surface area contributed by atoms with E-state index in [1.807, 2.05) is 0 Å². The lowest BCUT2D eigenvalue weighted by Gasteiger charge is -2.05. The zero-order chi connectivity index (χ0) is 8.27. The van der Waals surface area contributed by atoms with Crippen LogP contribution >= 0.6 is 11.8 Å². The van der Waals surface area contributed by atoms with Gasteiger partial charge < -0.3 is 5.43 Å². The van der Waals surface area contributed by atoms with E-state index in [2.05, 4.69) is 5.43 Å². The number of nitrogens with one attached hydrogen (secondary N) is 1. The van der Waals surface area contributed by atoms with Crippen molar-refractivity contribution >= 4 is 17.4 Å². The highest BCUT2D eigenvalue weighted by atomic mass is 32.2. The number of hydrogen-bond acceptors (Lipinski definition) is 3. The Labute approximate surface area is 68.9 Å². The molecule has 0 aliphatic carbocycles. The van der Waals surface area contributed by atoms with Crippen LogP contribution in [0.2, 0.25) is 0 Å². The molecule has 11 heavy (non-hydrogen) atoms. The largest absolute Gasteiger partial charge is 0.323 e. The molecule has 60 valence electrons. The van der Waals surface area contributed by atoms with Crippen molar-refractivity contribution in [1.29, 1.82) is 0 Å². The number of benzene rings is 1. The van der Waals surface area contributed by atoms with Gasteiger partial charge in [0, 0.05) is 0 Å². The molecule has 0 amide bonds. The van der Waals surface area contributed by atoms with Crippen molar-refractivity contribution in [3.63, 3.8) is 0 Å². The van der Waals surface area contributed by atoms with Crippen molar-refractivity contribution in [3.05, 3.63) is 24.0 Å². The molecule has 2 nitrogen and oxygen atoms in total. The highest BCUT2D eigenvalue weighted by molar-refractivity contribution is 7.98. The van der Waals surface area contributed by atoms with Gasteiger partial charge in [-0.1, -0.05) is 6.07 Å². The molecule has 1 aromatic carbocycles. The first-order chi connectivity index (χ1) is 5.29. The number of hydrogen-bond donors (Lipinski definition) is 2. The second-order valence-corrected chi connectivity index (χ2v) is 2.78. The molecule has 0 aromatic heterocycles. The molecule has 0 atom stereocenters. The highest BCUT2D eigenvalue weighted by Crippen LogP contribution is 2.26. The maximum Gasteiger partial charge on any atom is 0.138 e. The summed E-state index contributed by atoms with van der Waals surface area (Å²) in [5, 5.41) is 0. The van der Waals surface area contributed by atoms with E-state index < -0.39 is 0 Å². The predicted molar refractivity (Wildman–Crippen MR) is 46.0 cm³/mol. The molecule has 0 unspecified atom stereocenters. The molecule has 4 heteroatoms. The van der Waals surface area contributed by atoms with Crippen molar-refractivity contribution in [2.24, 2.45) is 5.84 Å². The third-order valence-corrected chi connectivity index (χ3v) is 2.15. The Hall–Kier alpha value is -0.740. The summed E-state index contributed by atoms with van der Waals surface area (Å²) in [7, 11) is 0. The molecule has 0 saturated carbocycles. The molecule has 0 heterocycles. The maximum absolute atomic E-state index is 12.9. The summed E-state index contributed by atoms with van der Waals surface area (Å²) < 4.78 is 12.9. The summed E-state index contributed by atoms with van der Waals surface area (Å²) in [4.78, 5) is 0.551. The fourth-order valence-corrected chi connectivity index (χ4v) is 1.44. The van der Waals surface area contributed by atoms with Crippen LogP contribution in [-0.4, -0.2) is 6.26 Å². The zero-order valence-corrected chi connectivity index (χ0v) is 6.91. The van der Waals surface area contributed by atoms with E-state index in [0.29, 0.717) is 10.6 Å². The van der Waals surface area contributed by atoms with Gasteiger partial charge in [0.2, 0.25) is 0 Å². The first-order valence-electron chi connectivity index (χ1n) is 3.08. The van der Waals surface area contributed by atoms with Gasteiger partial charge in [-0.25, -0.2) is 4.39 Å². The Morgan fingerprint density at radius 2 is 2.27 bits per heavy atom. The number of hydrazine groups is 1. The topological polar surface area (TPSA) is 38.0 Å². The minimum absolute atomic E-state index is 0.243. The molecule has 3 N–H and O–H groups in total.